The zero-order valence-electron chi connectivity index (χ0n) is 8.87. The lowest BCUT2D eigenvalue weighted by Crippen LogP contribution is -2.05. The maximum Gasteiger partial charge on any atom is 0.172 e. The van der Waals surface area contributed by atoms with Gasteiger partial charge < -0.3 is 5.32 Å². The van der Waals surface area contributed by atoms with Gasteiger partial charge in [-0.25, -0.2) is 9.97 Å². The minimum atomic E-state index is 0.426. The van der Waals surface area contributed by atoms with E-state index >= 15 is 0 Å². The molecular weight excluding hydrogens is 224 g/mol. The van der Waals surface area contributed by atoms with E-state index in [9.17, 15) is 0 Å². The molecule has 5 heteroatoms. The molecule has 0 aromatic carbocycles. The van der Waals surface area contributed by atoms with Gasteiger partial charge in [0, 0.05) is 12.2 Å². The van der Waals surface area contributed by atoms with E-state index in [-0.39, 0.29) is 0 Å². The minimum Gasteiger partial charge on any atom is -0.365 e. The van der Waals surface area contributed by atoms with Crippen LogP contribution in [0.5, 0.6) is 0 Å². The fourth-order valence-corrected chi connectivity index (χ4v) is 1.79. The summed E-state index contributed by atoms with van der Waals surface area (Å²) < 4.78 is 0. The van der Waals surface area contributed by atoms with E-state index < -0.39 is 0 Å². The van der Waals surface area contributed by atoms with Crippen molar-refractivity contribution in [3.05, 3.63) is 23.1 Å². The molecule has 0 amide bonds. The third-order valence-corrected chi connectivity index (χ3v) is 2.91. The van der Waals surface area contributed by atoms with E-state index in [4.69, 9.17) is 11.6 Å². The van der Waals surface area contributed by atoms with E-state index in [0.717, 1.165) is 16.7 Å². The van der Waals surface area contributed by atoms with E-state index in [2.05, 4.69) is 20.3 Å². The Morgan fingerprint density at radius 2 is 2.19 bits per heavy atom. The Labute approximate surface area is 98.1 Å². The van der Waals surface area contributed by atoms with Gasteiger partial charge in [-0.3, -0.25) is 4.98 Å². The van der Waals surface area contributed by atoms with Crippen LogP contribution in [0.4, 0.5) is 5.82 Å². The number of aromatic nitrogens is 3. The number of nitrogens with zero attached hydrogens (tertiary/aromatic N) is 3. The molecule has 0 spiro atoms. The Morgan fingerprint density at radius 1 is 1.38 bits per heavy atom. The lowest BCUT2D eigenvalue weighted by molar-refractivity contribution is 1.10. The van der Waals surface area contributed by atoms with Crippen LogP contribution in [-0.4, -0.2) is 21.0 Å². The van der Waals surface area contributed by atoms with Crippen molar-refractivity contribution in [1.29, 1.82) is 0 Å². The summed E-state index contributed by atoms with van der Waals surface area (Å²) in [6.07, 6.45) is 4.11. The van der Waals surface area contributed by atoms with Gasteiger partial charge in [-0.1, -0.05) is 11.6 Å². The molecule has 4 nitrogen and oxygen atoms in total. The summed E-state index contributed by atoms with van der Waals surface area (Å²) in [6.45, 7) is 1.90. The Hall–Kier alpha value is -1.42. The second-order valence-electron chi connectivity index (χ2n) is 4.05. The molecule has 0 bridgehead atoms. The molecule has 16 heavy (non-hydrogen) atoms. The number of hydrogen-bond acceptors (Lipinski definition) is 4. The van der Waals surface area contributed by atoms with E-state index in [0.29, 0.717) is 17.0 Å². The summed E-state index contributed by atoms with van der Waals surface area (Å²) >= 11 is 6.08. The highest BCUT2D eigenvalue weighted by Crippen LogP contribution is 2.28. The summed E-state index contributed by atoms with van der Waals surface area (Å²) in [7, 11) is 0. The van der Waals surface area contributed by atoms with Crippen molar-refractivity contribution in [2.75, 3.05) is 5.32 Å². The number of rotatable bonds is 2. The first-order chi connectivity index (χ1) is 7.74. The molecule has 1 N–H and O–H groups in total. The molecule has 1 fully saturated rings. The zero-order valence-corrected chi connectivity index (χ0v) is 9.62. The molecule has 1 aliphatic rings. The molecule has 2 aromatic heterocycles. The largest absolute Gasteiger partial charge is 0.365 e. The first-order valence-corrected chi connectivity index (χ1v) is 5.67. The van der Waals surface area contributed by atoms with E-state index in [1.54, 1.807) is 6.20 Å². The predicted molar refractivity (Wildman–Crippen MR) is 63.7 cm³/mol. The first kappa shape index (κ1) is 9.78. The van der Waals surface area contributed by atoms with E-state index in [1.165, 1.54) is 12.8 Å². The molecular formula is C11H11ClN4. The summed E-state index contributed by atoms with van der Waals surface area (Å²) in [4.78, 5) is 13.0. The second kappa shape index (κ2) is 3.56. The van der Waals surface area contributed by atoms with Crippen LogP contribution in [0.15, 0.2) is 12.3 Å². The SMILES string of the molecule is Cc1nccc2nc(NC3CC3)c(Cl)nc12. The fraction of sp³-hybridized carbons (Fsp3) is 0.364. The van der Waals surface area contributed by atoms with Gasteiger partial charge in [0.15, 0.2) is 11.0 Å². The Balaban J connectivity index is 2.13. The summed E-state index contributed by atoms with van der Waals surface area (Å²) in [6, 6.07) is 2.37. The average Bonchev–Trinajstić information content (AvgIpc) is 3.05. The van der Waals surface area contributed by atoms with Crippen LogP contribution in [0.1, 0.15) is 18.5 Å². The number of hydrogen-bond donors (Lipinski definition) is 1. The molecule has 82 valence electrons. The summed E-state index contributed by atoms with van der Waals surface area (Å²) in [5.74, 6) is 0.683. The zero-order chi connectivity index (χ0) is 11.1. The van der Waals surface area contributed by atoms with Crippen LogP contribution in [0.2, 0.25) is 5.15 Å². The van der Waals surface area contributed by atoms with Gasteiger partial charge in [-0.15, -0.1) is 0 Å². The van der Waals surface area contributed by atoms with Gasteiger partial charge in [0.25, 0.3) is 0 Å². The van der Waals surface area contributed by atoms with Crippen molar-refractivity contribution in [3.8, 4) is 0 Å². The summed E-state index contributed by atoms with van der Waals surface area (Å²) in [5.41, 5.74) is 2.46. The van der Waals surface area contributed by atoms with Crippen LogP contribution in [0.3, 0.4) is 0 Å². The number of aryl methyl sites for hydroxylation is 1. The van der Waals surface area contributed by atoms with Crippen LogP contribution in [-0.2, 0) is 0 Å². The number of anilines is 1. The number of nitrogens with one attached hydrogen (secondary N) is 1. The minimum absolute atomic E-state index is 0.426. The van der Waals surface area contributed by atoms with Gasteiger partial charge in [-0.05, 0) is 25.8 Å². The quantitative estimate of drug-likeness (QED) is 0.868. The van der Waals surface area contributed by atoms with Gasteiger partial charge in [-0.2, -0.15) is 0 Å². The smallest absolute Gasteiger partial charge is 0.172 e. The van der Waals surface area contributed by atoms with Crippen LogP contribution >= 0.6 is 11.6 Å². The van der Waals surface area contributed by atoms with Crippen LogP contribution in [0, 0.1) is 6.92 Å². The van der Waals surface area contributed by atoms with E-state index in [1.807, 2.05) is 13.0 Å². The third-order valence-electron chi connectivity index (χ3n) is 2.64. The highest BCUT2D eigenvalue weighted by Gasteiger charge is 2.23. The molecule has 0 saturated heterocycles. The Morgan fingerprint density at radius 3 is 2.94 bits per heavy atom. The average molecular weight is 235 g/mol. The number of pyridine rings is 1. The van der Waals surface area contributed by atoms with Crippen molar-refractivity contribution >= 4 is 28.5 Å². The van der Waals surface area contributed by atoms with Crippen molar-refractivity contribution in [2.45, 2.75) is 25.8 Å². The maximum atomic E-state index is 6.08. The van der Waals surface area contributed by atoms with Gasteiger partial charge in [0.2, 0.25) is 0 Å². The fourth-order valence-electron chi connectivity index (χ4n) is 1.60. The molecule has 2 heterocycles. The molecule has 1 saturated carbocycles. The van der Waals surface area contributed by atoms with Crippen molar-refractivity contribution < 1.29 is 0 Å². The Kier molecular flexibility index (Phi) is 2.17. The molecule has 0 radical (unpaired) electrons. The highest BCUT2D eigenvalue weighted by atomic mass is 35.5. The summed E-state index contributed by atoms with van der Waals surface area (Å²) in [5, 5.41) is 3.70. The lowest BCUT2D eigenvalue weighted by Gasteiger charge is -2.07. The van der Waals surface area contributed by atoms with Crippen LogP contribution in [0.25, 0.3) is 11.0 Å². The van der Waals surface area contributed by atoms with Crippen molar-refractivity contribution in [3.63, 3.8) is 0 Å². The molecule has 0 atom stereocenters. The predicted octanol–water partition coefficient (Wildman–Crippen LogP) is 2.56. The number of fused-ring (bicyclic) bond motifs is 1. The number of halogens is 1. The maximum absolute atomic E-state index is 6.08. The molecule has 3 rings (SSSR count). The van der Waals surface area contributed by atoms with Gasteiger partial charge >= 0.3 is 0 Å². The first-order valence-electron chi connectivity index (χ1n) is 5.29. The van der Waals surface area contributed by atoms with Gasteiger partial charge in [0.05, 0.1) is 11.2 Å². The second-order valence-corrected chi connectivity index (χ2v) is 4.40. The topological polar surface area (TPSA) is 50.7 Å². The van der Waals surface area contributed by atoms with Gasteiger partial charge in [0.1, 0.15) is 5.52 Å². The molecule has 0 unspecified atom stereocenters. The Bertz CT molecular complexity index is 551. The van der Waals surface area contributed by atoms with Crippen LogP contribution < -0.4 is 5.32 Å². The lowest BCUT2D eigenvalue weighted by atomic mass is 10.3. The monoisotopic (exact) mass is 234 g/mol. The standard InChI is InChI=1S/C11H11ClN4/c1-6-9-8(4-5-13-6)15-11(10(12)16-9)14-7-2-3-7/h4-5,7H,2-3H2,1H3,(H,14,15). The van der Waals surface area contributed by atoms with Crippen molar-refractivity contribution in [2.24, 2.45) is 0 Å². The molecule has 1 aliphatic carbocycles. The molecule has 2 aromatic rings. The highest BCUT2D eigenvalue weighted by molar-refractivity contribution is 6.32. The molecule has 0 aliphatic heterocycles. The normalized spacial score (nSPS) is 15.4. The third kappa shape index (κ3) is 1.69. The van der Waals surface area contributed by atoms with Crippen molar-refractivity contribution in [1.82, 2.24) is 15.0 Å².